The molecular weight excluding hydrogens is 653 g/mol. The van der Waals surface area contributed by atoms with E-state index in [1.54, 1.807) is 0 Å². The van der Waals surface area contributed by atoms with E-state index in [0.717, 1.165) is 82.8 Å². The summed E-state index contributed by atoms with van der Waals surface area (Å²) in [4.78, 5) is 0. The second kappa shape index (κ2) is 11.7. The molecule has 9 aromatic carbocycles. The summed E-state index contributed by atoms with van der Waals surface area (Å²) < 4.78 is 50.5. The van der Waals surface area contributed by atoms with Gasteiger partial charge in [-0.2, -0.15) is 0 Å². The van der Waals surface area contributed by atoms with Crippen LogP contribution in [0.15, 0.2) is 186 Å². The molecule has 1 aliphatic rings. The van der Waals surface area contributed by atoms with Crippen molar-refractivity contribution in [2.45, 2.75) is 19.3 Å². The summed E-state index contributed by atoms with van der Waals surface area (Å²) in [7, 11) is 0. The second-order valence-electron chi connectivity index (χ2n) is 14.8. The molecule has 10 aromatic rings. The molecule has 254 valence electrons. The first kappa shape index (κ1) is 26.1. The minimum absolute atomic E-state index is 0.201. The molecule has 54 heavy (non-hydrogen) atoms. The highest BCUT2D eigenvalue weighted by atomic mass is 16.3. The lowest BCUT2D eigenvalue weighted by Crippen LogP contribution is -2.16. The van der Waals surface area contributed by atoms with Gasteiger partial charge in [0.1, 0.15) is 11.2 Å². The zero-order valence-electron chi connectivity index (χ0n) is 34.8. The van der Waals surface area contributed by atoms with Crippen LogP contribution in [0.1, 0.15) is 31.8 Å². The van der Waals surface area contributed by atoms with E-state index in [2.05, 4.69) is 135 Å². The molecule has 1 aromatic heterocycles. The second-order valence-corrected chi connectivity index (χ2v) is 14.8. The van der Waals surface area contributed by atoms with E-state index in [9.17, 15) is 0 Å². The normalized spacial score (nSPS) is 14.4. The smallest absolute Gasteiger partial charge is 0.144 e. The van der Waals surface area contributed by atoms with Crippen LogP contribution in [0, 0.1) is 0 Å². The SMILES string of the molecule is [2H]c1c([2H])c([2H])c(-c2ccc(-c3c4ccccc4c(-c4ccc(-c5ccc6ccccc6c5)cc4)c4c3oc3ccccc34)c3c2-c2ccccc2C3(C)C)c([2H])c1[2H]. The monoisotopic (exact) mass is 693 g/mol. The van der Waals surface area contributed by atoms with Gasteiger partial charge in [-0.15, -0.1) is 0 Å². The number of fused-ring (bicyclic) bond motifs is 8. The van der Waals surface area contributed by atoms with Crippen molar-refractivity contribution in [2.75, 3.05) is 0 Å². The van der Waals surface area contributed by atoms with Crippen LogP contribution in [-0.2, 0) is 5.41 Å². The Morgan fingerprint density at radius 2 is 1.09 bits per heavy atom. The molecule has 0 radical (unpaired) electrons. The van der Waals surface area contributed by atoms with Crippen LogP contribution >= 0.6 is 0 Å². The van der Waals surface area contributed by atoms with Gasteiger partial charge in [-0.3, -0.25) is 0 Å². The minimum atomic E-state index is -0.513. The van der Waals surface area contributed by atoms with Crippen LogP contribution in [0.3, 0.4) is 0 Å². The zero-order valence-corrected chi connectivity index (χ0v) is 29.8. The minimum Gasteiger partial charge on any atom is -0.455 e. The molecule has 0 spiro atoms. The highest BCUT2D eigenvalue weighted by Crippen LogP contribution is 2.57. The van der Waals surface area contributed by atoms with Gasteiger partial charge in [0, 0.05) is 27.3 Å². The van der Waals surface area contributed by atoms with Crippen molar-refractivity contribution >= 4 is 43.5 Å². The van der Waals surface area contributed by atoms with Crippen molar-refractivity contribution in [3.05, 3.63) is 193 Å². The Morgan fingerprint density at radius 3 is 1.91 bits per heavy atom. The van der Waals surface area contributed by atoms with Crippen molar-refractivity contribution < 1.29 is 11.3 Å². The van der Waals surface area contributed by atoms with E-state index in [0.29, 0.717) is 5.56 Å². The van der Waals surface area contributed by atoms with Crippen LogP contribution in [-0.4, -0.2) is 0 Å². The quantitative estimate of drug-likeness (QED) is 0.179. The summed E-state index contributed by atoms with van der Waals surface area (Å²) in [5.41, 5.74) is 12.3. The molecule has 1 nitrogen and oxygen atoms in total. The van der Waals surface area contributed by atoms with Crippen molar-refractivity contribution in [3.8, 4) is 55.6 Å². The maximum Gasteiger partial charge on any atom is 0.144 e. The van der Waals surface area contributed by atoms with Crippen LogP contribution in [0.5, 0.6) is 0 Å². The molecule has 0 atom stereocenters. The summed E-state index contributed by atoms with van der Waals surface area (Å²) in [6.07, 6.45) is 0. The van der Waals surface area contributed by atoms with Gasteiger partial charge >= 0.3 is 0 Å². The van der Waals surface area contributed by atoms with Crippen molar-refractivity contribution in [3.63, 3.8) is 0 Å². The van der Waals surface area contributed by atoms with Crippen LogP contribution in [0.25, 0.3) is 99.1 Å². The molecule has 1 aliphatic carbocycles. The zero-order chi connectivity index (χ0) is 40.3. The largest absolute Gasteiger partial charge is 0.455 e. The maximum atomic E-state index is 9.03. The summed E-state index contributed by atoms with van der Waals surface area (Å²) >= 11 is 0. The number of benzene rings is 9. The molecule has 0 saturated carbocycles. The van der Waals surface area contributed by atoms with Crippen molar-refractivity contribution in [1.82, 2.24) is 0 Å². The van der Waals surface area contributed by atoms with E-state index in [1.165, 1.54) is 16.3 Å². The van der Waals surface area contributed by atoms with E-state index >= 15 is 0 Å². The topological polar surface area (TPSA) is 13.1 Å². The number of rotatable bonds is 4. The Hall–Kier alpha value is -6.70. The average Bonchev–Trinajstić information content (AvgIpc) is 3.76. The fourth-order valence-corrected chi connectivity index (χ4v) is 9.13. The third kappa shape index (κ3) is 4.45. The third-order valence-electron chi connectivity index (χ3n) is 11.5. The molecule has 0 saturated heterocycles. The Morgan fingerprint density at radius 1 is 0.463 bits per heavy atom. The molecule has 0 bridgehead atoms. The summed E-state index contributed by atoms with van der Waals surface area (Å²) in [5.74, 6) is 0. The van der Waals surface area contributed by atoms with Gasteiger partial charge in [0.15, 0.2) is 0 Å². The molecule has 0 N–H and O–H groups in total. The van der Waals surface area contributed by atoms with E-state index in [-0.39, 0.29) is 29.7 Å². The molecular formula is C53H36O. The molecule has 0 amide bonds. The van der Waals surface area contributed by atoms with Crippen molar-refractivity contribution in [2.24, 2.45) is 0 Å². The number of furan rings is 1. The van der Waals surface area contributed by atoms with E-state index in [1.807, 2.05) is 30.3 Å². The lowest BCUT2D eigenvalue weighted by atomic mass is 9.76. The van der Waals surface area contributed by atoms with Crippen molar-refractivity contribution in [1.29, 1.82) is 0 Å². The lowest BCUT2D eigenvalue weighted by molar-refractivity contribution is 0.659. The molecule has 11 rings (SSSR count). The fraction of sp³-hybridized carbons (Fsp3) is 0.0566. The highest BCUT2D eigenvalue weighted by Gasteiger charge is 2.40. The van der Waals surface area contributed by atoms with Crippen LogP contribution in [0.2, 0.25) is 0 Å². The third-order valence-corrected chi connectivity index (χ3v) is 11.5. The Balaban J connectivity index is 1.21. The average molecular weight is 694 g/mol. The van der Waals surface area contributed by atoms with Gasteiger partial charge in [0.05, 0.1) is 6.85 Å². The predicted molar refractivity (Wildman–Crippen MR) is 228 cm³/mol. The number of hydrogen-bond donors (Lipinski definition) is 0. The lowest BCUT2D eigenvalue weighted by Gasteiger charge is -2.26. The first-order valence-electron chi connectivity index (χ1n) is 20.9. The number of para-hydroxylation sites is 1. The number of hydrogen-bond acceptors (Lipinski definition) is 1. The summed E-state index contributed by atoms with van der Waals surface area (Å²) in [6.45, 7) is 4.44. The highest BCUT2D eigenvalue weighted by molar-refractivity contribution is 6.27. The van der Waals surface area contributed by atoms with E-state index < -0.39 is 11.5 Å². The van der Waals surface area contributed by atoms with Gasteiger partial charge in [0.25, 0.3) is 0 Å². The summed E-state index contributed by atoms with van der Waals surface area (Å²) in [5, 5.41) is 6.62. The molecule has 0 aliphatic heterocycles. The molecule has 0 fully saturated rings. The summed E-state index contributed by atoms with van der Waals surface area (Å²) in [6, 6.07) is 51.5. The van der Waals surface area contributed by atoms with Gasteiger partial charge in [-0.1, -0.05) is 184 Å². The van der Waals surface area contributed by atoms with Gasteiger partial charge < -0.3 is 4.42 Å². The van der Waals surface area contributed by atoms with Gasteiger partial charge in [0.2, 0.25) is 0 Å². The Kier molecular flexibility index (Phi) is 5.64. The molecule has 1 heterocycles. The maximum absolute atomic E-state index is 9.03. The standard InChI is InChI=1S/C53H36O/c1-53(2)45-22-12-10-20-42(45)48-39(35-15-4-3-5-16-35)30-31-44(51(48)53)49-41-19-9-8-18-40(41)47(50-43-21-11-13-23-46(43)54-52(49)50)36-27-24-34(25-28-36)38-29-26-33-14-6-7-17-37(33)32-38/h3-32H,1-2H3/i3D,4D,5D,15D,16D. The first-order valence-corrected chi connectivity index (χ1v) is 18.4. The van der Waals surface area contributed by atoms with Gasteiger partial charge in [-0.25, -0.2) is 0 Å². The predicted octanol–water partition coefficient (Wildman–Crippen LogP) is 14.9. The first-order chi connectivity index (χ1) is 28.6. The molecule has 1 heteroatoms. The molecule has 0 unspecified atom stereocenters. The fourth-order valence-electron chi connectivity index (χ4n) is 9.13. The van der Waals surface area contributed by atoms with Gasteiger partial charge in [-0.05, 0) is 89.3 Å². The van der Waals surface area contributed by atoms with Crippen LogP contribution in [0.4, 0.5) is 0 Å². The van der Waals surface area contributed by atoms with Crippen LogP contribution < -0.4 is 0 Å². The van der Waals surface area contributed by atoms with E-state index in [4.69, 9.17) is 11.3 Å². The Labute approximate surface area is 321 Å². The Bertz CT molecular complexity index is 3380.